The van der Waals surface area contributed by atoms with E-state index in [1.807, 2.05) is 62.4 Å². The van der Waals surface area contributed by atoms with Crippen molar-refractivity contribution in [3.8, 4) is 33.6 Å². The zero-order valence-electron chi connectivity index (χ0n) is 34.5. The lowest BCUT2D eigenvalue weighted by atomic mass is 9.99. The smallest absolute Gasteiger partial charge is 0.407 e. The highest BCUT2D eigenvalue weighted by Crippen LogP contribution is 2.40. The minimum absolute atomic E-state index is 0.0444. The van der Waals surface area contributed by atoms with Gasteiger partial charge in [0.2, 0.25) is 11.8 Å². The van der Waals surface area contributed by atoms with Crippen molar-refractivity contribution >= 4 is 24.0 Å². The Morgan fingerprint density at radius 1 is 0.767 bits per heavy atom. The number of alkyl halides is 2. The van der Waals surface area contributed by atoms with Crippen molar-refractivity contribution in [3.05, 3.63) is 84.7 Å². The van der Waals surface area contributed by atoms with Crippen molar-refractivity contribution in [3.63, 3.8) is 0 Å². The van der Waals surface area contributed by atoms with Crippen molar-refractivity contribution in [2.24, 2.45) is 17.8 Å². The molecule has 2 aromatic heterocycles. The second-order valence-electron chi connectivity index (χ2n) is 15.7. The van der Waals surface area contributed by atoms with Crippen LogP contribution in [0.2, 0.25) is 0 Å². The number of imidazole rings is 2. The summed E-state index contributed by atoms with van der Waals surface area (Å²) < 4.78 is 40.2. The number of ether oxygens (including phenoxy) is 3. The first-order valence-corrected chi connectivity index (χ1v) is 19.9. The molecule has 0 radical (unpaired) electrons. The number of nitrogens with zero attached hydrogens (tertiary/aromatic N) is 4. The second-order valence-corrected chi connectivity index (χ2v) is 15.7. The molecule has 320 valence electrons. The van der Waals surface area contributed by atoms with Crippen LogP contribution in [0.15, 0.2) is 73.1 Å². The fourth-order valence-electron chi connectivity index (χ4n) is 7.80. The molecule has 5 atom stereocenters. The Hall–Kier alpha value is -6.10. The number of likely N-dealkylation sites (tertiary alicyclic amines) is 2. The van der Waals surface area contributed by atoms with Gasteiger partial charge in [0.15, 0.2) is 0 Å². The number of hydrogen-bond acceptors (Lipinski definition) is 9. The molecule has 4 amide bonds. The lowest BCUT2D eigenvalue weighted by Gasteiger charge is -2.30. The van der Waals surface area contributed by atoms with Crippen LogP contribution in [-0.4, -0.2) is 106 Å². The number of carbonyl (C=O) groups excluding carboxylic acids is 4. The third-order valence-corrected chi connectivity index (χ3v) is 11.1. The maximum atomic E-state index is 13.9. The van der Waals surface area contributed by atoms with Gasteiger partial charge >= 0.3 is 18.8 Å². The normalized spacial score (nSPS) is 18.9. The summed E-state index contributed by atoms with van der Waals surface area (Å²) in [5.41, 5.74) is 5.66. The number of alkyl carbamates (subject to hydrolysis) is 2. The quantitative estimate of drug-likeness (QED) is 0.0988. The highest BCUT2D eigenvalue weighted by atomic mass is 19.3. The first kappa shape index (κ1) is 43.5. The summed E-state index contributed by atoms with van der Waals surface area (Å²) in [5, 5.41) is 5.27. The second kappa shape index (κ2) is 18.9. The number of carbonyl (C=O) groups is 4. The molecule has 0 aliphatic carbocycles. The average Bonchev–Trinajstić information content (AvgIpc) is 4.07. The molecule has 6 rings (SSSR count). The number of H-pyrrole nitrogens is 2. The number of rotatable bonds is 14. The molecule has 15 nitrogen and oxygen atoms in total. The van der Waals surface area contributed by atoms with Gasteiger partial charge in [0.05, 0.1) is 50.6 Å². The maximum Gasteiger partial charge on any atom is 0.407 e. The van der Waals surface area contributed by atoms with Gasteiger partial charge in [0.25, 0.3) is 0 Å². The fourth-order valence-corrected chi connectivity index (χ4v) is 7.80. The number of amides is 4. The van der Waals surface area contributed by atoms with E-state index in [-0.39, 0.29) is 36.9 Å². The Morgan fingerprint density at radius 3 is 1.72 bits per heavy atom. The minimum Gasteiger partial charge on any atom is -0.453 e. The van der Waals surface area contributed by atoms with Gasteiger partial charge in [-0.15, -0.1) is 0 Å². The summed E-state index contributed by atoms with van der Waals surface area (Å²) >= 11 is 0. The molecule has 2 aromatic carbocycles. The summed E-state index contributed by atoms with van der Waals surface area (Å²) in [4.78, 5) is 70.8. The van der Waals surface area contributed by atoms with Crippen molar-refractivity contribution < 1.29 is 42.2 Å². The standard InChI is InChI=1S/C43H52F2N8O7/c1-23(2)34(50-42(56)58-6)39(54)52-18-8-9-33(52)37-46-19-31(48-37)28-14-10-26(11-15-28)27-12-16-29(17-13-27)32-20-47-38(49-32)36-25(5)30(22-60-41(44)45)21-53(36)40(55)35(24(3)4)51-43(57)59-7/h10-17,19-20,23-24,30,33-36,41H,5,8-9,18,21-22H2,1-4,6-7H3,(H,46,48)(H,47,49)(H,50,56)(H,51,57)/t30-,33-,34-,35-,36-/m0/s1. The lowest BCUT2D eigenvalue weighted by Crippen LogP contribution is -2.51. The molecule has 2 aliphatic heterocycles. The van der Waals surface area contributed by atoms with E-state index in [0.717, 1.165) is 40.8 Å². The average molecular weight is 831 g/mol. The van der Waals surface area contributed by atoms with Crippen LogP contribution in [0.5, 0.6) is 0 Å². The predicted octanol–water partition coefficient (Wildman–Crippen LogP) is 6.85. The monoisotopic (exact) mass is 830 g/mol. The van der Waals surface area contributed by atoms with Gasteiger partial charge in [-0.1, -0.05) is 82.8 Å². The Kier molecular flexibility index (Phi) is 13.7. The van der Waals surface area contributed by atoms with Crippen LogP contribution in [0.4, 0.5) is 18.4 Å². The number of halogens is 2. The zero-order chi connectivity index (χ0) is 43.2. The van der Waals surface area contributed by atoms with E-state index in [1.165, 1.54) is 19.1 Å². The third kappa shape index (κ3) is 9.51. The minimum atomic E-state index is -2.98. The number of hydrogen-bond donors (Lipinski definition) is 4. The number of benzene rings is 2. The molecule has 0 saturated carbocycles. The van der Waals surface area contributed by atoms with Gasteiger partial charge in [-0.3, -0.25) is 9.59 Å². The van der Waals surface area contributed by atoms with Crippen LogP contribution in [0.1, 0.15) is 64.3 Å². The van der Waals surface area contributed by atoms with Crippen molar-refractivity contribution in [2.75, 3.05) is 33.9 Å². The number of aromatic nitrogens is 4. The van der Waals surface area contributed by atoms with Gasteiger partial charge in [-0.2, -0.15) is 8.78 Å². The maximum absolute atomic E-state index is 13.9. The summed E-state index contributed by atoms with van der Waals surface area (Å²) in [7, 11) is 2.48. The summed E-state index contributed by atoms with van der Waals surface area (Å²) in [6, 6.07) is 13.2. The van der Waals surface area contributed by atoms with Crippen molar-refractivity contribution in [1.29, 1.82) is 0 Å². The molecule has 2 aliphatic rings. The molecular weight excluding hydrogens is 779 g/mol. The van der Waals surface area contributed by atoms with Gasteiger partial charge in [-0.05, 0) is 52.5 Å². The molecule has 0 bridgehead atoms. The van der Waals surface area contributed by atoms with Crippen LogP contribution < -0.4 is 10.6 Å². The summed E-state index contributed by atoms with van der Waals surface area (Å²) in [5.74, 6) is -0.552. The van der Waals surface area contributed by atoms with E-state index in [4.69, 9.17) is 9.47 Å². The van der Waals surface area contributed by atoms with Gasteiger partial charge in [-0.25, -0.2) is 19.6 Å². The first-order valence-electron chi connectivity index (χ1n) is 19.9. The number of methoxy groups -OCH3 is 2. The Labute approximate surface area is 347 Å². The number of aromatic amines is 2. The van der Waals surface area contributed by atoms with Crippen LogP contribution in [0.25, 0.3) is 33.6 Å². The molecule has 0 spiro atoms. The summed E-state index contributed by atoms with van der Waals surface area (Å²) in [6.45, 7) is 8.77. The molecule has 60 heavy (non-hydrogen) atoms. The zero-order valence-corrected chi connectivity index (χ0v) is 34.5. The fraction of sp³-hybridized carbons (Fsp3) is 0.442. The topological polar surface area (TPSA) is 184 Å². The molecule has 0 unspecified atom stereocenters. The lowest BCUT2D eigenvalue weighted by molar-refractivity contribution is -0.139. The number of nitrogens with one attached hydrogen (secondary N) is 4. The van der Waals surface area contributed by atoms with Gasteiger partial charge in [0, 0.05) is 19.0 Å². The molecule has 17 heteroatoms. The highest BCUT2D eigenvalue weighted by Gasteiger charge is 2.44. The van der Waals surface area contributed by atoms with Crippen molar-refractivity contribution in [2.45, 2.75) is 71.3 Å². The van der Waals surface area contributed by atoms with Gasteiger partial charge in [0.1, 0.15) is 29.8 Å². The molecule has 2 fully saturated rings. The van der Waals surface area contributed by atoms with Crippen LogP contribution in [-0.2, 0) is 23.8 Å². The highest BCUT2D eigenvalue weighted by molar-refractivity contribution is 5.87. The van der Waals surface area contributed by atoms with E-state index in [0.29, 0.717) is 29.5 Å². The van der Waals surface area contributed by atoms with Crippen LogP contribution >= 0.6 is 0 Å². The Balaban J connectivity index is 1.15. The first-order chi connectivity index (χ1) is 28.7. The molecule has 4 N–H and O–H groups in total. The molecular formula is C43H52F2N8O7. The van der Waals surface area contributed by atoms with Crippen LogP contribution in [0.3, 0.4) is 0 Å². The van der Waals surface area contributed by atoms with Crippen molar-refractivity contribution in [1.82, 2.24) is 40.4 Å². The third-order valence-electron chi connectivity index (χ3n) is 11.1. The largest absolute Gasteiger partial charge is 0.453 e. The Bertz CT molecular complexity index is 2150. The molecule has 4 heterocycles. The SMILES string of the molecule is C=C1[C@H](COC(F)F)CN(C(=O)[C@@H](NC(=O)OC)C(C)C)[C@@H]1c1ncc(-c2ccc(-c3ccc(-c4cnc([C@@H]5CCCN5C(=O)[C@@H](NC(=O)OC)C(C)C)[nH]4)cc3)cc2)[nH]1. The van der Waals surface area contributed by atoms with Crippen LogP contribution in [0, 0.1) is 17.8 Å². The van der Waals surface area contributed by atoms with Gasteiger partial charge < -0.3 is 44.6 Å². The van der Waals surface area contributed by atoms with E-state index in [9.17, 15) is 28.0 Å². The molecule has 2 saturated heterocycles. The van der Waals surface area contributed by atoms with E-state index >= 15 is 0 Å². The van der Waals surface area contributed by atoms with E-state index in [1.54, 1.807) is 31.1 Å². The summed E-state index contributed by atoms with van der Waals surface area (Å²) in [6.07, 6.45) is 3.56. The predicted molar refractivity (Wildman–Crippen MR) is 218 cm³/mol. The van der Waals surface area contributed by atoms with E-state index in [2.05, 4.69) is 41.9 Å². The molecule has 4 aromatic rings. The Morgan fingerprint density at radius 2 is 1.23 bits per heavy atom. The van der Waals surface area contributed by atoms with E-state index < -0.39 is 48.7 Å².